The maximum atomic E-state index is 11.1. The van der Waals surface area contributed by atoms with Gasteiger partial charge in [0.25, 0.3) is 0 Å². The third-order valence-electron chi connectivity index (χ3n) is 2.88. The van der Waals surface area contributed by atoms with Crippen LogP contribution in [0, 0.1) is 0 Å². The van der Waals surface area contributed by atoms with Crippen molar-refractivity contribution in [3.63, 3.8) is 0 Å². The summed E-state index contributed by atoms with van der Waals surface area (Å²) in [4.78, 5) is 11.1. The molecule has 1 N–H and O–H groups in total. The monoisotopic (exact) mass is 227 g/mol. The lowest BCUT2D eigenvalue weighted by atomic mass is 9.95. The smallest absolute Gasteiger partial charge is 0.333 e. The molecule has 1 unspecified atom stereocenters. The molecule has 0 aromatic carbocycles. The first-order valence-corrected chi connectivity index (χ1v) is 5.65. The second kappa shape index (κ2) is 6.01. The maximum Gasteiger partial charge on any atom is 0.333 e. The first-order valence-electron chi connectivity index (χ1n) is 5.65. The highest BCUT2D eigenvalue weighted by Crippen LogP contribution is 2.17. The maximum absolute atomic E-state index is 11.1. The van der Waals surface area contributed by atoms with E-state index in [0.29, 0.717) is 12.1 Å². The van der Waals surface area contributed by atoms with Crippen molar-refractivity contribution >= 4 is 5.97 Å². The highest BCUT2D eigenvalue weighted by molar-refractivity contribution is 5.87. The van der Waals surface area contributed by atoms with Crippen LogP contribution in [0.25, 0.3) is 0 Å². The Hall–Kier alpha value is -0.870. The zero-order chi connectivity index (χ0) is 12.0. The number of esters is 1. The van der Waals surface area contributed by atoms with Crippen molar-refractivity contribution in [2.45, 2.75) is 32.2 Å². The van der Waals surface area contributed by atoms with Crippen LogP contribution in [-0.2, 0) is 14.3 Å². The lowest BCUT2D eigenvalue weighted by molar-refractivity contribution is -0.136. The minimum Gasteiger partial charge on any atom is -0.466 e. The van der Waals surface area contributed by atoms with Crippen LogP contribution in [0.2, 0.25) is 0 Å². The summed E-state index contributed by atoms with van der Waals surface area (Å²) in [7, 11) is 1.39. The van der Waals surface area contributed by atoms with E-state index in [1.165, 1.54) is 7.11 Å². The largest absolute Gasteiger partial charge is 0.466 e. The van der Waals surface area contributed by atoms with Crippen LogP contribution in [0.15, 0.2) is 11.6 Å². The fraction of sp³-hybridized carbons (Fsp3) is 0.750. The van der Waals surface area contributed by atoms with Gasteiger partial charge in [-0.25, -0.2) is 4.79 Å². The van der Waals surface area contributed by atoms with Gasteiger partial charge in [-0.2, -0.15) is 0 Å². The van der Waals surface area contributed by atoms with Gasteiger partial charge >= 0.3 is 5.97 Å². The molecular weight excluding hydrogens is 206 g/mol. The minimum atomic E-state index is -0.271. The van der Waals surface area contributed by atoms with Crippen molar-refractivity contribution in [2.24, 2.45) is 0 Å². The molecule has 4 nitrogen and oxygen atoms in total. The summed E-state index contributed by atoms with van der Waals surface area (Å²) in [6, 6.07) is 0. The van der Waals surface area contributed by atoms with Gasteiger partial charge in [-0.05, 0) is 26.7 Å². The Labute approximate surface area is 97.0 Å². The molecule has 1 saturated heterocycles. The van der Waals surface area contributed by atoms with E-state index in [-0.39, 0.29) is 11.5 Å². The molecule has 1 heterocycles. The molecule has 0 saturated carbocycles. The number of methoxy groups -OCH3 is 1. The number of hydrogen-bond donors (Lipinski definition) is 1. The van der Waals surface area contributed by atoms with Crippen LogP contribution >= 0.6 is 0 Å². The van der Waals surface area contributed by atoms with Gasteiger partial charge in [0.2, 0.25) is 0 Å². The van der Waals surface area contributed by atoms with Crippen molar-refractivity contribution in [3.05, 3.63) is 11.6 Å². The third-order valence-corrected chi connectivity index (χ3v) is 2.88. The molecule has 0 radical (unpaired) electrons. The lowest BCUT2D eigenvalue weighted by Gasteiger charge is -2.34. The average Bonchev–Trinajstić information content (AvgIpc) is 2.28. The molecule has 0 spiro atoms. The first kappa shape index (κ1) is 13.2. The summed E-state index contributed by atoms with van der Waals surface area (Å²) in [5.74, 6) is -0.271. The second-order valence-corrected chi connectivity index (χ2v) is 4.48. The van der Waals surface area contributed by atoms with E-state index in [1.807, 2.05) is 6.08 Å². The zero-order valence-electron chi connectivity index (χ0n) is 10.3. The lowest BCUT2D eigenvalue weighted by Crippen LogP contribution is -2.49. The van der Waals surface area contributed by atoms with Gasteiger partial charge < -0.3 is 14.8 Å². The standard InChI is InChI=1S/C12H21NO3/c1-10(11(14)15-3)5-7-13-12(2)6-4-8-16-9-12/h5,13H,4,6-9H2,1-3H3. The molecule has 0 aromatic heterocycles. The second-order valence-electron chi connectivity index (χ2n) is 4.48. The van der Waals surface area contributed by atoms with Gasteiger partial charge in [-0.15, -0.1) is 0 Å². The molecule has 1 atom stereocenters. The first-order chi connectivity index (χ1) is 7.57. The Morgan fingerprint density at radius 2 is 2.38 bits per heavy atom. The van der Waals surface area contributed by atoms with Crippen molar-refractivity contribution < 1.29 is 14.3 Å². The molecular formula is C12H21NO3. The molecule has 1 aliphatic heterocycles. The van der Waals surface area contributed by atoms with Crippen LogP contribution in [0.3, 0.4) is 0 Å². The molecule has 0 aromatic rings. The minimum absolute atomic E-state index is 0.0329. The van der Waals surface area contributed by atoms with E-state index < -0.39 is 0 Å². The average molecular weight is 227 g/mol. The van der Waals surface area contributed by atoms with E-state index in [9.17, 15) is 4.79 Å². The predicted octanol–water partition coefficient (Wildman–Crippen LogP) is 1.26. The summed E-state index contributed by atoms with van der Waals surface area (Å²) in [6.45, 7) is 6.16. The van der Waals surface area contributed by atoms with Gasteiger partial charge in [0.05, 0.1) is 13.7 Å². The summed E-state index contributed by atoms with van der Waals surface area (Å²) in [6.07, 6.45) is 4.05. The third kappa shape index (κ3) is 3.94. The van der Waals surface area contributed by atoms with Gasteiger partial charge in [0, 0.05) is 24.3 Å². The van der Waals surface area contributed by atoms with Crippen LogP contribution in [0.1, 0.15) is 26.7 Å². The van der Waals surface area contributed by atoms with Gasteiger partial charge in [-0.3, -0.25) is 0 Å². The number of ether oxygens (including phenoxy) is 2. The van der Waals surface area contributed by atoms with Gasteiger partial charge in [0.15, 0.2) is 0 Å². The molecule has 92 valence electrons. The van der Waals surface area contributed by atoms with E-state index in [4.69, 9.17) is 4.74 Å². The van der Waals surface area contributed by atoms with Crippen molar-refractivity contribution in [2.75, 3.05) is 26.9 Å². The Bertz CT molecular complexity index is 267. The Kier molecular flexibility index (Phi) is 4.96. The van der Waals surface area contributed by atoms with E-state index >= 15 is 0 Å². The fourth-order valence-corrected chi connectivity index (χ4v) is 1.77. The number of carbonyl (C=O) groups excluding carboxylic acids is 1. The van der Waals surface area contributed by atoms with Gasteiger partial charge in [-0.1, -0.05) is 6.08 Å². The molecule has 0 amide bonds. The number of nitrogens with one attached hydrogen (secondary N) is 1. The summed E-state index contributed by atoms with van der Waals surface area (Å²) in [5, 5.41) is 3.40. The molecule has 4 heteroatoms. The highest BCUT2D eigenvalue weighted by Gasteiger charge is 2.26. The van der Waals surface area contributed by atoms with Crippen molar-refractivity contribution in [3.8, 4) is 0 Å². The zero-order valence-corrected chi connectivity index (χ0v) is 10.3. The van der Waals surface area contributed by atoms with Crippen LogP contribution in [0.4, 0.5) is 0 Å². The predicted molar refractivity (Wildman–Crippen MR) is 62.2 cm³/mol. The molecule has 1 aliphatic rings. The number of carbonyl (C=O) groups is 1. The van der Waals surface area contributed by atoms with E-state index in [0.717, 1.165) is 26.1 Å². The Morgan fingerprint density at radius 1 is 1.62 bits per heavy atom. The number of rotatable bonds is 4. The Morgan fingerprint density at radius 3 is 2.94 bits per heavy atom. The highest BCUT2D eigenvalue weighted by atomic mass is 16.5. The van der Waals surface area contributed by atoms with E-state index in [2.05, 4.69) is 17.0 Å². The quantitative estimate of drug-likeness (QED) is 0.580. The molecule has 1 rings (SSSR count). The summed E-state index contributed by atoms with van der Waals surface area (Å²) < 4.78 is 10.1. The summed E-state index contributed by atoms with van der Waals surface area (Å²) in [5.41, 5.74) is 0.667. The van der Waals surface area contributed by atoms with Crippen molar-refractivity contribution in [1.29, 1.82) is 0 Å². The molecule has 0 aliphatic carbocycles. The summed E-state index contributed by atoms with van der Waals surface area (Å²) >= 11 is 0. The molecule has 16 heavy (non-hydrogen) atoms. The Balaban J connectivity index is 2.36. The normalized spacial score (nSPS) is 26.6. The fourth-order valence-electron chi connectivity index (χ4n) is 1.77. The SMILES string of the molecule is COC(=O)C(C)=CCNC1(C)CCCOC1. The molecule has 0 bridgehead atoms. The molecule has 1 fully saturated rings. The van der Waals surface area contributed by atoms with Crippen LogP contribution in [-0.4, -0.2) is 38.4 Å². The van der Waals surface area contributed by atoms with Crippen LogP contribution in [0.5, 0.6) is 0 Å². The van der Waals surface area contributed by atoms with Crippen LogP contribution < -0.4 is 5.32 Å². The number of hydrogen-bond acceptors (Lipinski definition) is 4. The van der Waals surface area contributed by atoms with Crippen molar-refractivity contribution in [1.82, 2.24) is 5.32 Å². The topological polar surface area (TPSA) is 47.6 Å². The van der Waals surface area contributed by atoms with Gasteiger partial charge in [0.1, 0.15) is 0 Å². The van der Waals surface area contributed by atoms with E-state index in [1.54, 1.807) is 6.92 Å².